The molecule has 0 atom stereocenters. The van der Waals surface area contributed by atoms with Gasteiger partial charge in [0.1, 0.15) is 11.4 Å². The highest BCUT2D eigenvalue weighted by atomic mass is 16.6. The van der Waals surface area contributed by atoms with Gasteiger partial charge in [-0.15, -0.1) is 0 Å². The van der Waals surface area contributed by atoms with E-state index < -0.39 is 31.1 Å². The standard InChI is InChI=1S/C24H18N6O8/c31-27(32)19-13-21(29(35)36)23(17-7-3-1-5-15(17)19)25-9-11-26(12-10-25)24-18-8-4-2-6-16(18)20(28(33)34)14-22(24)30(37)38/h1-8,13-14H,9-12H2. The first-order valence-electron chi connectivity index (χ1n) is 11.4. The highest BCUT2D eigenvalue weighted by Crippen LogP contribution is 2.44. The van der Waals surface area contributed by atoms with Crippen LogP contribution in [-0.4, -0.2) is 45.9 Å². The van der Waals surface area contributed by atoms with Gasteiger partial charge in [0.25, 0.3) is 22.7 Å². The van der Waals surface area contributed by atoms with Crippen molar-refractivity contribution < 1.29 is 19.7 Å². The van der Waals surface area contributed by atoms with Crippen molar-refractivity contribution in [2.75, 3.05) is 36.0 Å². The van der Waals surface area contributed by atoms with E-state index in [2.05, 4.69) is 0 Å². The van der Waals surface area contributed by atoms with Gasteiger partial charge in [0.15, 0.2) is 0 Å². The van der Waals surface area contributed by atoms with E-state index in [-0.39, 0.29) is 59.7 Å². The predicted molar refractivity (Wildman–Crippen MR) is 139 cm³/mol. The van der Waals surface area contributed by atoms with E-state index in [0.29, 0.717) is 10.8 Å². The van der Waals surface area contributed by atoms with E-state index in [9.17, 15) is 40.5 Å². The van der Waals surface area contributed by atoms with E-state index in [1.807, 2.05) is 0 Å². The van der Waals surface area contributed by atoms with Crippen molar-refractivity contribution in [1.29, 1.82) is 0 Å². The van der Waals surface area contributed by atoms with Crippen molar-refractivity contribution in [1.82, 2.24) is 0 Å². The lowest BCUT2D eigenvalue weighted by molar-refractivity contribution is -0.392. The molecule has 4 aromatic rings. The molecule has 0 radical (unpaired) electrons. The van der Waals surface area contributed by atoms with Crippen LogP contribution in [0.3, 0.4) is 0 Å². The monoisotopic (exact) mass is 518 g/mol. The Balaban J connectivity index is 1.58. The largest absolute Gasteiger partial charge is 0.362 e. The fraction of sp³-hybridized carbons (Fsp3) is 0.167. The summed E-state index contributed by atoms with van der Waals surface area (Å²) in [5.74, 6) is 0. The SMILES string of the molecule is O=[N+]([O-])c1cc([N+](=O)[O-])c2ccccc2c1N1CCN(c2c([N+](=O)[O-])cc([N+](=O)[O-])c3ccccc23)CC1. The van der Waals surface area contributed by atoms with Gasteiger partial charge < -0.3 is 9.80 Å². The third kappa shape index (κ3) is 3.93. The number of nitro groups is 4. The van der Waals surface area contributed by atoms with E-state index in [1.54, 1.807) is 46.2 Å². The van der Waals surface area contributed by atoms with E-state index in [1.165, 1.54) is 12.1 Å². The summed E-state index contributed by atoms with van der Waals surface area (Å²) in [5.41, 5.74) is -1.09. The second-order valence-corrected chi connectivity index (χ2v) is 8.62. The lowest BCUT2D eigenvalue weighted by Crippen LogP contribution is -2.47. The number of hydrogen-bond donors (Lipinski definition) is 0. The van der Waals surface area contributed by atoms with Gasteiger partial charge in [-0.2, -0.15) is 0 Å². The van der Waals surface area contributed by atoms with Crippen LogP contribution in [0.5, 0.6) is 0 Å². The maximum absolute atomic E-state index is 11.9. The number of non-ortho nitro benzene ring substituents is 2. The van der Waals surface area contributed by atoms with Crippen molar-refractivity contribution in [3.05, 3.63) is 101 Å². The molecular formula is C24H18N6O8. The minimum Gasteiger partial charge on any atom is -0.362 e. The topological polar surface area (TPSA) is 179 Å². The summed E-state index contributed by atoms with van der Waals surface area (Å²) in [5, 5.41) is 48.3. The Kier molecular flexibility index (Phi) is 5.91. The fourth-order valence-corrected chi connectivity index (χ4v) is 5.05. The Hall–Kier alpha value is -5.40. The molecule has 0 aliphatic carbocycles. The summed E-state index contributed by atoms with van der Waals surface area (Å²) in [6, 6.07) is 14.7. The van der Waals surface area contributed by atoms with Gasteiger partial charge in [0, 0.05) is 37.0 Å². The number of nitrogens with zero attached hydrogens (tertiary/aromatic N) is 6. The molecule has 0 saturated carbocycles. The molecule has 1 heterocycles. The third-order valence-electron chi connectivity index (χ3n) is 6.65. The molecule has 4 aromatic carbocycles. The Morgan fingerprint density at radius 1 is 0.474 bits per heavy atom. The Morgan fingerprint density at radius 2 is 0.763 bits per heavy atom. The van der Waals surface area contributed by atoms with Gasteiger partial charge in [-0.05, 0) is 12.1 Å². The molecule has 1 aliphatic heterocycles. The zero-order valence-electron chi connectivity index (χ0n) is 19.6. The molecule has 1 fully saturated rings. The minimum absolute atomic E-state index is 0.213. The van der Waals surface area contributed by atoms with Crippen LogP contribution < -0.4 is 9.80 Å². The van der Waals surface area contributed by atoms with E-state index in [4.69, 9.17) is 0 Å². The fourth-order valence-electron chi connectivity index (χ4n) is 5.05. The van der Waals surface area contributed by atoms with Gasteiger partial charge in [-0.3, -0.25) is 40.5 Å². The summed E-state index contributed by atoms with van der Waals surface area (Å²) >= 11 is 0. The number of fused-ring (bicyclic) bond motifs is 2. The molecule has 0 aromatic heterocycles. The Bertz CT molecular complexity index is 1540. The molecule has 192 valence electrons. The third-order valence-corrected chi connectivity index (χ3v) is 6.65. The summed E-state index contributed by atoms with van der Waals surface area (Å²) in [7, 11) is 0. The Morgan fingerprint density at radius 3 is 1.05 bits per heavy atom. The van der Waals surface area contributed by atoms with Crippen LogP contribution >= 0.6 is 0 Å². The van der Waals surface area contributed by atoms with Crippen molar-refractivity contribution in [2.45, 2.75) is 0 Å². The number of nitro benzene ring substituents is 4. The van der Waals surface area contributed by atoms with Crippen LogP contribution in [0, 0.1) is 40.5 Å². The molecule has 0 bridgehead atoms. The zero-order chi connectivity index (χ0) is 27.1. The van der Waals surface area contributed by atoms with Crippen LogP contribution in [0.4, 0.5) is 34.1 Å². The van der Waals surface area contributed by atoms with Crippen molar-refractivity contribution >= 4 is 55.7 Å². The van der Waals surface area contributed by atoms with Crippen LogP contribution in [0.2, 0.25) is 0 Å². The minimum atomic E-state index is -0.657. The highest BCUT2D eigenvalue weighted by molar-refractivity contribution is 6.05. The lowest BCUT2D eigenvalue weighted by atomic mass is 10.0. The number of rotatable bonds is 6. The van der Waals surface area contributed by atoms with Gasteiger partial charge in [0.2, 0.25) is 0 Å². The summed E-state index contributed by atoms with van der Waals surface area (Å²) < 4.78 is 0. The maximum Gasteiger partial charge on any atom is 0.300 e. The summed E-state index contributed by atoms with van der Waals surface area (Å²) in [6.45, 7) is 0.854. The van der Waals surface area contributed by atoms with Crippen molar-refractivity contribution in [3.63, 3.8) is 0 Å². The lowest BCUT2D eigenvalue weighted by Gasteiger charge is -2.37. The molecule has 1 saturated heterocycles. The summed E-state index contributed by atoms with van der Waals surface area (Å²) in [4.78, 5) is 47.9. The molecule has 0 spiro atoms. The van der Waals surface area contributed by atoms with Gasteiger partial charge in [-0.1, -0.05) is 36.4 Å². The van der Waals surface area contributed by atoms with Gasteiger partial charge in [-0.25, -0.2) is 0 Å². The van der Waals surface area contributed by atoms with Crippen LogP contribution in [0.1, 0.15) is 0 Å². The molecule has 1 aliphatic rings. The highest BCUT2D eigenvalue weighted by Gasteiger charge is 2.34. The van der Waals surface area contributed by atoms with Crippen LogP contribution in [0.25, 0.3) is 21.5 Å². The van der Waals surface area contributed by atoms with Crippen molar-refractivity contribution in [2.24, 2.45) is 0 Å². The molecule has 14 heteroatoms. The number of benzene rings is 4. The first-order valence-corrected chi connectivity index (χ1v) is 11.4. The number of anilines is 2. The number of hydrogen-bond acceptors (Lipinski definition) is 10. The first kappa shape index (κ1) is 24.3. The molecule has 5 rings (SSSR count). The summed E-state index contributed by atoms with van der Waals surface area (Å²) in [6.07, 6.45) is 0. The van der Waals surface area contributed by atoms with Crippen molar-refractivity contribution in [3.8, 4) is 0 Å². The second-order valence-electron chi connectivity index (χ2n) is 8.62. The molecule has 0 N–H and O–H groups in total. The van der Waals surface area contributed by atoms with Crippen LogP contribution in [-0.2, 0) is 0 Å². The van der Waals surface area contributed by atoms with Gasteiger partial charge >= 0.3 is 0 Å². The molecule has 0 amide bonds. The van der Waals surface area contributed by atoms with Gasteiger partial charge in [0.05, 0.1) is 42.6 Å². The predicted octanol–water partition coefficient (Wildman–Crippen LogP) is 4.95. The van der Waals surface area contributed by atoms with Crippen LogP contribution in [0.15, 0.2) is 60.7 Å². The van der Waals surface area contributed by atoms with E-state index in [0.717, 1.165) is 12.1 Å². The quantitative estimate of drug-likeness (QED) is 0.250. The average molecular weight is 518 g/mol. The smallest absolute Gasteiger partial charge is 0.300 e. The average Bonchev–Trinajstić information content (AvgIpc) is 2.90. The normalized spacial score (nSPS) is 13.6. The molecule has 38 heavy (non-hydrogen) atoms. The zero-order valence-corrected chi connectivity index (χ0v) is 19.6. The molecular weight excluding hydrogens is 500 g/mol. The van der Waals surface area contributed by atoms with E-state index >= 15 is 0 Å². The second kappa shape index (κ2) is 9.24. The molecule has 14 nitrogen and oxygen atoms in total. The number of piperazine rings is 1. The molecule has 0 unspecified atom stereocenters. The maximum atomic E-state index is 11.9. The Labute approximate surface area is 212 Å². The first-order chi connectivity index (χ1) is 18.2.